The molecule has 1 radical (unpaired) electrons. The van der Waals surface area contributed by atoms with Gasteiger partial charge in [0, 0.05) is 17.5 Å². The van der Waals surface area contributed by atoms with Crippen LogP contribution in [0.1, 0.15) is 38.5 Å². The molecule has 4 bridgehead atoms. The van der Waals surface area contributed by atoms with E-state index in [4.69, 9.17) is 4.18 Å². The Balaban J connectivity index is 1.51. The predicted octanol–water partition coefficient (Wildman–Crippen LogP) is 3.68. The fraction of sp³-hybridized carbons (Fsp3) is 0.588. The van der Waals surface area contributed by atoms with Gasteiger partial charge in [-0.05, 0) is 62.3 Å². The zero-order valence-electron chi connectivity index (χ0n) is 13.3. The third-order valence-electron chi connectivity index (χ3n) is 5.83. The molecule has 4 aliphatic rings. The summed E-state index contributed by atoms with van der Waals surface area (Å²) in [4.78, 5) is 10.1. The first-order valence-electron chi connectivity index (χ1n) is 8.37. The van der Waals surface area contributed by atoms with Gasteiger partial charge in [-0.2, -0.15) is 8.42 Å². The maximum Gasteiger partial charge on any atom is 0.297 e. The van der Waals surface area contributed by atoms with E-state index in [9.17, 15) is 18.5 Å². The van der Waals surface area contributed by atoms with Crippen molar-refractivity contribution in [2.45, 2.75) is 43.4 Å². The maximum atomic E-state index is 12.4. The third kappa shape index (κ3) is 2.84. The molecule has 5 rings (SSSR count). The van der Waals surface area contributed by atoms with Crippen molar-refractivity contribution in [2.75, 3.05) is 0 Å². The van der Waals surface area contributed by atoms with E-state index in [0.717, 1.165) is 25.3 Å². The molecule has 1 aromatic carbocycles. The van der Waals surface area contributed by atoms with Crippen LogP contribution in [0.25, 0.3) is 0 Å². The van der Waals surface area contributed by atoms with E-state index in [1.54, 1.807) is 0 Å². The Morgan fingerprint density at radius 1 is 1.12 bits per heavy atom. The van der Waals surface area contributed by atoms with Crippen LogP contribution in [-0.4, -0.2) is 13.3 Å². The van der Waals surface area contributed by atoms with Gasteiger partial charge in [-0.1, -0.05) is 6.07 Å². The SMILES string of the molecule is O=[N+]([O-])c1cccc(S(=O)(=O)O[CH]C23CC4CC(CC(C4)C2)C3)c1. The van der Waals surface area contributed by atoms with Crippen molar-refractivity contribution in [3.8, 4) is 0 Å². The van der Waals surface area contributed by atoms with Gasteiger partial charge in [0.1, 0.15) is 11.5 Å². The third-order valence-corrected chi connectivity index (χ3v) is 7.01. The van der Waals surface area contributed by atoms with Crippen molar-refractivity contribution in [2.24, 2.45) is 23.2 Å². The Morgan fingerprint density at radius 2 is 1.71 bits per heavy atom. The van der Waals surface area contributed by atoms with Gasteiger partial charge < -0.3 is 0 Å². The molecule has 129 valence electrons. The average molecular weight is 350 g/mol. The van der Waals surface area contributed by atoms with Crippen LogP contribution >= 0.6 is 0 Å². The number of nitro benzene ring substituents is 1. The lowest BCUT2D eigenvalue weighted by atomic mass is 9.50. The summed E-state index contributed by atoms with van der Waals surface area (Å²) in [5.41, 5.74) is -0.391. The highest BCUT2D eigenvalue weighted by Gasteiger charge is 2.51. The standard InChI is InChI=1S/C17H20NO5S/c19-18(20)15-2-1-3-16(7-15)24(21,22)23-11-17-8-12-4-13(9-17)6-14(5-12)10-17/h1-3,7,11-14H,4-6,8-10H2. The van der Waals surface area contributed by atoms with Crippen molar-refractivity contribution in [3.05, 3.63) is 41.0 Å². The molecule has 0 N–H and O–H groups in total. The maximum absolute atomic E-state index is 12.4. The highest BCUT2D eigenvalue weighted by Crippen LogP contribution is 2.61. The molecular weight excluding hydrogens is 330 g/mol. The van der Waals surface area contributed by atoms with Crippen molar-refractivity contribution in [1.82, 2.24) is 0 Å². The van der Waals surface area contributed by atoms with E-state index in [2.05, 4.69) is 0 Å². The van der Waals surface area contributed by atoms with E-state index in [1.807, 2.05) is 0 Å². The number of nitrogens with zero attached hydrogens (tertiary/aromatic N) is 1. The second-order valence-corrected chi connectivity index (χ2v) is 9.27. The number of benzene rings is 1. The van der Waals surface area contributed by atoms with Gasteiger partial charge in [0.25, 0.3) is 15.8 Å². The predicted molar refractivity (Wildman–Crippen MR) is 86.3 cm³/mol. The minimum absolute atomic E-state index is 0.136. The molecule has 6 nitrogen and oxygen atoms in total. The molecule has 4 fully saturated rings. The monoisotopic (exact) mass is 350 g/mol. The number of nitro groups is 1. The molecule has 0 amide bonds. The molecule has 0 unspecified atom stereocenters. The van der Waals surface area contributed by atoms with Gasteiger partial charge in [-0.3, -0.25) is 14.3 Å². The zero-order valence-corrected chi connectivity index (χ0v) is 14.1. The number of hydrogen-bond acceptors (Lipinski definition) is 5. The first kappa shape index (κ1) is 16.0. The molecular formula is C17H20NO5S. The van der Waals surface area contributed by atoms with Crippen molar-refractivity contribution in [1.29, 1.82) is 0 Å². The van der Waals surface area contributed by atoms with E-state index in [0.29, 0.717) is 17.8 Å². The molecule has 4 aliphatic carbocycles. The molecule has 0 heterocycles. The Kier molecular flexibility index (Phi) is 3.69. The average Bonchev–Trinajstić information content (AvgIpc) is 2.52. The molecule has 0 aliphatic heterocycles. The summed E-state index contributed by atoms with van der Waals surface area (Å²) in [5, 5.41) is 10.8. The van der Waals surface area contributed by atoms with Gasteiger partial charge in [0.05, 0.1) is 4.92 Å². The van der Waals surface area contributed by atoms with Crippen LogP contribution in [-0.2, 0) is 14.3 Å². The molecule has 0 aromatic heterocycles. The smallest absolute Gasteiger partial charge is 0.260 e. The molecule has 1 aromatic rings. The van der Waals surface area contributed by atoms with Crippen LogP contribution in [0.4, 0.5) is 5.69 Å². The minimum atomic E-state index is -4.02. The van der Waals surface area contributed by atoms with Crippen molar-refractivity contribution in [3.63, 3.8) is 0 Å². The Labute approximate surface area is 141 Å². The summed E-state index contributed by atoms with van der Waals surface area (Å²) >= 11 is 0. The van der Waals surface area contributed by atoms with Crippen LogP contribution in [0.5, 0.6) is 0 Å². The first-order chi connectivity index (χ1) is 11.4. The molecule has 24 heavy (non-hydrogen) atoms. The summed E-state index contributed by atoms with van der Waals surface area (Å²) in [6.45, 7) is 1.53. The normalized spacial score (nSPS) is 34.4. The zero-order chi connectivity index (χ0) is 16.9. The number of non-ortho nitro benzene ring substituents is 1. The molecule has 7 heteroatoms. The molecule has 0 atom stereocenters. The fourth-order valence-electron chi connectivity index (χ4n) is 5.30. The second-order valence-electron chi connectivity index (χ2n) is 7.70. The van der Waals surface area contributed by atoms with Crippen LogP contribution in [0.2, 0.25) is 0 Å². The van der Waals surface area contributed by atoms with Crippen LogP contribution < -0.4 is 0 Å². The largest absolute Gasteiger partial charge is 0.297 e. The molecule has 0 spiro atoms. The van der Waals surface area contributed by atoms with Gasteiger partial charge in [0.15, 0.2) is 0 Å². The summed E-state index contributed by atoms with van der Waals surface area (Å²) in [6.07, 6.45) is 6.82. The summed E-state index contributed by atoms with van der Waals surface area (Å²) in [6, 6.07) is 5.00. The lowest BCUT2D eigenvalue weighted by molar-refractivity contribution is -0.385. The Hall–Kier alpha value is -1.47. The number of hydrogen-bond donors (Lipinski definition) is 0. The summed E-state index contributed by atoms with van der Waals surface area (Å²) < 4.78 is 30.1. The topological polar surface area (TPSA) is 86.5 Å². The highest BCUT2D eigenvalue weighted by molar-refractivity contribution is 7.86. The van der Waals surface area contributed by atoms with Crippen LogP contribution in [0, 0.1) is 39.9 Å². The second kappa shape index (κ2) is 5.52. The Morgan fingerprint density at radius 3 is 2.25 bits per heavy atom. The van der Waals surface area contributed by atoms with Gasteiger partial charge in [-0.25, -0.2) is 0 Å². The van der Waals surface area contributed by atoms with E-state index in [1.165, 1.54) is 44.1 Å². The van der Waals surface area contributed by atoms with E-state index < -0.39 is 15.0 Å². The minimum Gasteiger partial charge on any atom is -0.260 e. The fourth-order valence-corrected chi connectivity index (χ4v) is 6.25. The first-order valence-corrected chi connectivity index (χ1v) is 9.78. The molecule has 0 saturated heterocycles. The van der Waals surface area contributed by atoms with E-state index >= 15 is 0 Å². The van der Waals surface area contributed by atoms with Gasteiger partial charge in [-0.15, -0.1) is 0 Å². The summed E-state index contributed by atoms with van der Waals surface area (Å²) in [5.74, 6) is 2.07. The van der Waals surface area contributed by atoms with Gasteiger partial charge >= 0.3 is 0 Å². The number of rotatable bonds is 5. The van der Waals surface area contributed by atoms with Crippen LogP contribution in [0.3, 0.4) is 0 Å². The lowest BCUT2D eigenvalue weighted by Crippen LogP contribution is -2.46. The van der Waals surface area contributed by atoms with Crippen molar-refractivity contribution < 1.29 is 17.5 Å². The van der Waals surface area contributed by atoms with E-state index in [-0.39, 0.29) is 16.0 Å². The van der Waals surface area contributed by atoms with Gasteiger partial charge in [0.2, 0.25) is 0 Å². The molecule has 4 saturated carbocycles. The lowest BCUT2D eigenvalue weighted by Gasteiger charge is -2.56. The van der Waals surface area contributed by atoms with Crippen LogP contribution in [0.15, 0.2) is 29.2 Å². The Bertz CT molecular complexity index is 738. The highest BCUT2D eigenvalue weighted by atomic mass is 32.2. The summed E-state index contributed by atoms with van der Waals surface area (Å²) in [7, 11) is -4.02. The van der Waals surface area contributed by atoms with Crippen molar-refractivity contribution >= 4 is 15.8 Å². The quantitative estimate of drug-likeness (QED) is 0.459.